The molecule has 2 rings (SSSR count). The fourth-order valence-electron chi connectivity index (χ4n) is 1.96. The van der Waals surface area contributed by atoms with Crippen LogP contribution in [0.1, 0.15) is 18.7 Å². The minimum atomic E-state index is -3.01. The molecule has 1 saturated heterocycles. The summed E-state index contributed by atoms with van der Waals surface area (Å²) in [6, 6.07) is 4.46. The van der Waals surface area contributed by atoms with E-state index >= 15 is 0 Å². The molecule has 5 nitrogen and oxygen atoms in total. The smallest absolute Gasteiger partial charge is 0.318 e. The van der Waals surface area contributed by atoms with Crippen molar-refractivity contribution in [3.8, 4) is 0 Å². The van der Waals surface area contributed by atoms with E-state index in [1.165, 1.54) is 0 Å². The first-order valence-electron chi connectivity index (χ1n) is 6.40. The monoisotopic (exact) mass is 285 g/mol. The maximum absolute atomic E-state index is 13.4. The number of carbonyl (C=O) groups is 1. The number of rotatable bonds is 2. The van der Waals surface area contributed by atoms with Gasteiger partial charge in [0.15, 0.2) is 0 Å². The second-order valence-electron chi connectivity index (χ2n) is 4.76. The Morgan fingerprint density at radius 3 is 3.05 bits per heavy atom. The van der Waals surface area contributed by atoms with Crippen molar-refractivity contribution in [2.75, 3.05) is 26.3 Å². The van der Waals surface area contributed by atoms with Crippen LogP contribution in [0.2, 0.25) is 0 Å². The summed E-state index contributed by atoms with van der Waals surface area (Å²) in [7, 11) is 0. The molecule has 1 aliphatic rings. The molecule has 0 unspecified atom stereocenters. The Hall–Kier alpha value is -1.76. The molecular weight excluding hydrogens is 268 g/mol. The molecule has 0 aliphatic carbocycles. The SMILES string of the molecule is C[C@H](NC(=O)N1CCOCC(F)(F)C1)c1ccccn1. The van der Waals surface area contributed by atoms with Gasteiger partial charge in [-0.15, -0.1) is 0 Å². The lowest BCUT2D eigenvalue weighted by Gasteiger charge is -2.25. The Kier molecular flexibility index (Phi) is 4.49. The molecule has 110 valence electrons. The molecule has 1 N–H and O–H groups in total. The van der Waals surface area contributed by atoms with Crippen molar-refractivity contribution in [2.24, 2.45) is 0 Å². The molecule has 2 amide bonds. The van der Waals surface area contributed by atoms with E-state index in [2.05, 4.69) is 10.3 Å². The average molecular weight is 285 g/mol. The van der Waals surface area contributed by atoms with Gasteiger partial charge in [0.2, 0.25) is 0 Å². The van der Waals surface area contributed by atoms with E-state index in [1.807, 2.05) is 0 Å². The second-order valence-corrected chi connectivity index (χ2v) is 4.76. The summed E-state index contributed by atoms with van der Waals surface area (Å²) in [6.45, 7) is 0.740. The third-order valence-electron chi connectivity index (χ3n) is 3.00. The summed E-state index contributed by atoms with van der Waals surface area (Å²) in [6.07, 6.45) is 1.62. The molecule has 1 fully saturated rings. The van der Waals surface area contributed by atoms with Gasteiger partial charge in [-0.25, -0.2) is 13.6 Å². The molecule has 1 atom stereocenters. The number of urea groups is 1. The first kappa shape index (κ1) is 14.6. The Morgan fingerprint density at radius 2 is 2.35 bits per heavy atom. The van der Waals surface area contributed by atoms with E-state index in [0.29, 0.717) is 5.69 Å². The predicted octanol–water partition coefficient (Wildman–Crippen LogP) is 1.82. The molecule has 20 heavy (non-hydrogen) atoms. The van der Waals surface area contributed by atoms with Crippen molar-refractivity contribution in [1.82, 2.24) is 15.2 Å². The molecule has 2 heterocycles. The van der Waals surface area contributed by atoms with Gasteiger partial charge in [-0.2, -0.15) is 0 Å². The lowest BCUT2D eigenvalue weighted by Crippen LogP contribution is -2.46. The number of amides is 2. The summed E-state index contributed by atoms with van der Waals surface area (Å²) in [5.74, 6) is -3.01. The summed E-state index contributed by atoms with van der Waals surface area (Å²) < 4.78 is 31.5. The highest BCUT2D eigenvalue weighted by atomic mass is 19.3. The molecule has 1 aliphatic heterocycles. The number of hydrogen-bond donors (Lipinski definition) is 1. The summed E-state index contributed by atoms with van der Waals surface area (Å²) in [5, 5.41) is 2.67. The summed E-state index contributed by atoms with van der Waals surface area (Å²) in [4.78, 5) is 17.2. The quantitative estimate of drug-likeness (QED) is 0.901. The number of pyridine rings is 1. The summed E-state index contributed by atoms with van der Waals surface area (Å²) in [5.41, 5.74) is 0.679. The molecule has 7 heteroatoms. The van der Waals surface area contributed by atoms with E-state index in [9.17, 15) is 13.6 Å². The number of halogens is 2. The zero-order valence-electron chi connectivity index (χ0n) is 11.2. The molecule has 0 bridgehead atoms. The van der Waals surface area contributed by atoms with Gasteiger partial charge in [-0.05, 0) is 19.1 Å². The van der Waals surface area contributed by atoms with E-state index in [1.54, 1.807) is 31.3 Å². The number of nitrogens with zero attached hydrogens (tertiary/aromatic N) is 2. The van der Waals surface area contributed by atoms with Crippen molar-refractivity contribution in [3.63, 3.8) is 0 Å². The van der Waals surface area contributed by atoms with Crippen LogP contribution in [0, 0.1) is 0 Å². The van der Waals surface area contributed by atoms with Crippen molar-refractivity contribution in [2.45, 2.75) is 18.9 Å². The van der Waals surface area contributed by atoms with Gasteiger partial charge in [-0.1, -0.05) is 6.07 Å². The lowest BCUT2D eigenvalue weighted by molar-refractivity contribution is -0.0652. The number of nitrogens with one attached hydrogen (secondary N) is 1. The van der Waals surface area contributed by atoms with Crippen molar-refractivity contribution in [1.29, 1.82) is 0 Å². The van der Waals surface area contributed by atoms with Crippen LogP contribution < -0.4 is 5.32 Å². The van der Waals surface area contributed by atoms with Gasteiger partial charge in [0, 0.05) is 12.7 Å². The van der Waals surface area contributed by atoms with Gasteiger partial charge < -0.3 is 15.0 Å². The van der Waals surface area contributed by atoms with Crippen LogP contribution in [0.25, 0.3) is 0 Å². The van der Waals surface area contributed by atoms with Gasteiger partial charge in [-0.3, -0.25) is 4.98 Å². The van der Waals surface area contributed by atoms with Crippen LogP contribution in [0.5, 0.6) is 0 Å². The van der Waals surface area contributed by atoms with E-state index in [4.69, 9.17) is 4.74 Å². The summed E-state index contributed by atoms with van der Waals surface area (Å²) >= 11 is 0. The molecular formula is C13H17F2N3O2. The first-order chi connectivity index (χ1) is 9.48. The van der Waals surface area contributed by atoms with Crippen molar-refractivity contribution >= 4 is 6.03 Å². The Morgan fingerprint density at radius 1 is 1.55 bits per heavy atom. The molecule has 0 saturated carbocycles. The van der Waals surface area contributed by atoms with Gasteiger partial charge >= 0.3 is 6.03 Å². The third kappa shape index (κ3) is 3.86. The molecule has 1 aromatic heterocycles. The number of carbonyl (C=O) groups excluding carboxylic acids is 1. The van der Waals surface area contributed by atoms with Crippen LogP contribution in [0.3, 0.4) is 0 Å². The minimum absolute atomic E-state index is 0.112. The zero-order chi connectivity index (χ0) is 14.6. The highest BCUT2D eigenvalue weighted by Gasteiger charge is 2.36. The topological polar surface area (TPSA) is 54.5 Å². The number of ether oxygens (including phenoxy) is 1. The number of alkyl halides is 2. The van der Waals surface area contributed by atoms with E-state index in [-0.39, 0.29) is 19.2 Å². The Labute approximate surface area is 115 Å². The van der Waals surface area contributed by atoms with E-state index < -0.39 is 25.1 Å². The number of hydrogen-bond acceptors (Lipinski definition) is 3. The lowest BCUT2D eigenvalue weighted by atomic mass is 10.2. The minimum Gasteiger partial charge on any atom is -0.373 e. The van der Waals surface area contributed by atoms with Gasteiger partial charge in [0.25, 0.3) is 5.92 Å². The van der Waals surface area contributed by atoms with Gasteiger partial charge in [0.1, 0.15) is 6.61 Å². The van der Waals surface area contributed by atoms with E-state index in [0.717, 1.165) is 4.90 Å². The highest BCUT2D eigenvalue weighted by molar-refractivity contribution is 5.74. The van der Waals surface area contributed by atoms with Crippen molar-refractivity contribution < 1.29 is 18.3 Å². The van der Waals surface area contributed by atoms with Crippen LogP contribution in [0.15, 0.2) is 24.4 Å². The zero-order valence-corrected chi connectivity index (χ0v) is 11.2. The highest BCUT2D eigenvalue weighted by Crippen LogP contribution is 2.19. The largest absolute Gasteiger partial charge is 0.373 e. The molecule has 1 aromatic rings. The van der Waals surface area contributed by atoms with Crippen LogP contribution >= 0.6 is 0 Å². The van der Waals surface area contributed by atoms with Crippen LogP contribution in [0.4, 0.5) is 13.6 Å². The fourth-order valence-corrected chi connectivity index (χ4v) is 1.96. The number of aromatic nitrogens is 1. The standard InChI is InChI=1S/C13H17F2N3O2/c1-10(11-4-2-3-5-16-11)17-12(19)18-6-7-20-9-13(14,15)8-18/h2-5,10H,6-9H2,1H3,(H,17,19)/t10-/m0/s1. The molecule has 0 radical (unpaired) electrons. The maximum atomic E-state index is 13.4. The van der Waals surface area contributed by atoms with Crippen molar-refractivity contribution in [3.05, 3.63) is 30.1 Å². The third-order valence-corrected chi connectivity index (χ3v) is 3.00. The first-order valence-corrected chi connectivity index (χ1v) is 6.40. The molecule has 0 aromatic carbocycles. The normalized spacial score (nSPS) is 20.1. The Balaban J connectivity index is 1.97. The average Bonchev–Trinajstić information content (AvgIpc) is 2.60. The van der Waals surface area contributed by atoms with Crippen LogP contribution in [-0.4, -0.2) is 48.1 Å². The Bertz CT molecular complexity index is 456. The second kappa shape index (κ2) is 6.13. The van der Waals surface area contributed by atoms with Crippen LogP contribution in [-0.2, 0) is 4.74 Å². The predicted molar refractivity (Wildman–Crippen MR) is 68.5 cm³/mol. The van der Waals surface area contributed by atoms with Gasteiger partial charge in [0.05, 0.1) is 24.9 Å². The maximum Gasteiger partial charge on any atom is 0.318 e. The fraction of sp³-hybridized carbons (Fsp3) is 0.538. The molecule has 0 spiro atoms.